The number of halogens is 2. The maximum Gasteiger partial charge on any atom is 0.194 e. The lowest BCUT2D eigenvalue weighted by molar-refractivity contribution is 0.415. The molecule has 0 radical (unpaired) electrons. The summed E-state index contributed by atoms with van der Waals surface area (Å²) in [6.07, 6.45) is 0. The number of H-pyrrole nitrogens is 1. The fourth-order valence-corrected chi connectivity index (χ4v) is 0.935. The van der Waals surface area contributed by atoms with Gasteiger partial charge in [0.2, 0.25) is 0 Å². The van der Waals surface area contributed by atoms with Crippen LogP contribution >= 0.6 is 23.2 Å². The largest absolute Gasteiger partial charge is 0.491 e. The number of ether oxygens (including phenoxy) is 1. The van der Waals surface area contributed by atoms with E-state index in [0.717, 1.165) is 0 Å². The van der Waals surface area contributed by atoms with Crippen LogP contribution in [0.3, 0.4) is 0 Å². The van der Waals surface area contributed by atoms with E-state index in [-0.39, 0.29) is 5.15 Å². The van der Waals surface area contributed by atoms with Gasteiger partial charge in [0.05, 0.1) is 7.11 Å². The number of aromatic amines is 1. The predicted molar refractivity (Wildman–Crippen MR) is 35.2 cm³/mol. The van der Waals surface area contributed by atoms with Crippen LogP contribution in [-0.4, -0.2) is 17.3 Å². The van der Waals surface area contributed by atoms with Crippen molar-refractivity contribution in [3.63, 3.8) is 0 Å². The maximum absolute atomic E-state index is 5.52. The summed E-state index contributed by atoms with van der Waals surface area (Å²) in [5.74, 6) is 0.387. The molecule has 0 bridgehead atoms. The van der Waals surface area contributed by atoms with Crippen LogP contribution in [0.1, 0.15) is 0 Å². The van der Waals surface area contributed by atoms with Crippen molar-refractivity contribution >= 4 is 23.2 Å². The van der Waals surface area contributed by atoms with Gasteiger partial charge >= 0.3 is 0 Å². The van der Waals surface area contributed by atoms with Crippen molar-refractivity contribution in [2.24, 2.45) is 0 Å². The van der Waals surface area contributed by atoms with E-state index in [9.17, 15) is 0 Å². The third-order valence-corrected chi connectivity index (χ3v) is 1.36. The standard InChI is InChI=1S/C4H4Cl2N2O/c1-9-2-3(5)7-8-4(2)6/h1H3,(H,7,8). The van der Waals surface area contributed by atoms with Crippen molar-refractivity contribution in [2.75, 3.05) is 7.11 Å². The van der Waals surface area contributed by atoms with Gasteiger partial charge in [-0.3, -0.25) is 5.10 Å². The van der Waals surface area contributed by atoms with Gasteiger partial charge in [0.15, 0.2) is 16.1 Å². The van der Waals surface area contributed by atoms with E-state index >= 15 is 0 Å². The summed E-state index contributed by atoms with van der Waals surface area (Å²) >= 11 is 11.0. The van der Waals surface area contributed by atoms with Gasteiger partial charge in [0.25, 0.3) is 0 Å². The van der Waals surface area contributed by atoms with Crippen LogP contribution in [0.5, 0.6) is 5.75 Å². The molecule has 0 fully saturated rings. The molecule has 5 heteroatoms. The SMILES string of the molecule is COc1c(Cl)n[nH]c1Cl. The van der Waals surface area contributed by atoms with Crippen LogP contribution in [-0.2, 0) is 0 Å². The average molecular weight is 167 g/mol. The van der Waals surface area contributed by atoms with Gasteiger partial charge in [-0.1, -0.05) is 23.2 Å². The zero-order valence-corrected chi connectivity index (χ0v) is 6.12. The molecule has 0 saturated heterocycles. The molecule has 0 atom stereocenters. The highest BCUT2D eigenvalue weighted by Gasteiger charge is 2.07. The summed E-state index contributed by atoms with van der Waals surface area (Å²) in [6, 6.07) is 0. The summed E-state index contributed by atoms with van der Waals surface area (Å²) < 4.78 is 4.76. The van der Waals surface area contributed by atoms with Crippen LogP contribution in [0.25, 0.3) is 0 Å². The topological polar surface area (TPSA) is 37.9 Å². The molecule has 0 unspecified atom stereocenters. The Morgan fingerprint density at radius 3 is 2.44 bits per heavy atom. The monoisotopic (exact) mass is 166 g/mol. The molecule has 1 rings (SSSR count). The summed E-state index contributed by atoms with van der Waals surface area (Å²) in [4.78, 5) is 0. The minimum absolute atomic E-state index is 0.252. The van der Waals surface area contributed by atoms with Gasteiger partial charge in [-0.05, 0) is 0 Å². The predicted octanol–water partition coefficient (Wildman–Crippen LogP) is 1.73. The van der Waals surface area contributed by atoms with E-state index in [2.05, 4.69) is 10.2 Å². The molecule has 1 N–H and O–H groups in total. The van der Waals surface area contributed by atoms with Crippen LogP contribution < -0.4 is 4.74 Å². The fourth-order valence-electron chi connectivity index (χ4n) is 0.464. The van der Waals surface area contributed by atoms with Crippen LogP contribution in [0, 0.1) is 0 Å². The lowest BCUT2D eigenvalue weighted by Gasteiger charge is -1.92. The molecule has 0 aromatic carbocycles. The number of methoxy groups -OCH3 is 1. The zero-order valence-electron chi connectivity index (χ0n) is 4.61. The number of hydrogen-bond donors (Lipinski definition) is 1. The first-order valence-electron chi connectivity index (χ1n) is 2.19. The molecule has 0 amide bonds. The molecule has 9 heavy (non-hydrogen) atoms. The van der Waals surface area contributed by atoms with E-state index in [1.165, 1.54) is 7.11 Å². The number of nitrogens with zero attached hydrogens (tertiary/aromatic N) is 1. The highest BCUT2D eigenvalue weighted by atomic mass is 35.5. The molecule has 0 spiro atoms. The Morgan fingerprint density at radius 2 is 2.22 bits per heavy atom. The van der Waals surface area contributed by atoms with Gasteiger partial charge in [-0.15, -0.1) is 0 Å². The summed E-state index contributed by atoms with van der Waals surface area (Å²) in [5, 5.41) is 6.59. The van der Waals surface area contributed by atoms with Crippen molar-refractivity contribution in [3.8, 4) is 5.75 Å². The molecule has 0 aliphatic heterocycles. The first-order valence-corrected chi connectivity index (χ1v) is 2.94. The Kier molecular flexibility index (Phi) is 1.83. The molecule has 1 aromatic heterocycles. The van der Waals surface area contributed by atoms with Crippen LogP contribution in [0.4, 0.5) is 0 Å². The van der Waals surface area contributed by atoms with Crippen molar-refractivity contribution in [1.29, 1.82) is 0 Å². The van der Waals surface area contributed by atoms with Gasteiger partial charge < -0.3 is 4.74 Å². The Labute approximate surface area is 61.9 Å². The molecule has 0 saturated carbocycles. The molecule has 3 nitrogen and oxygen atoms in total. The smallest absolute Gasteiger partial charge is 0.194 e. The van der Waals surface area contributed by atoms with Gasteiger partial charge in [0.1, 0.15) is 0 Å². The lowest BCUT2D eigenvalue weighted by Crippen LogP contribution is -1.79. The second-order valence-corrected chi connectivity index (χ2v) is 2.10. The number of rotatable bonds is 1. The maximum atomic E-state index is 5.52. The van der Waals surface area contributed by atoms with Crippen LogP contribution in [0.2, 0.25) is 10.3 Å². The number of aromatic nitrogens is 2. The Hall–Kier alpha value is -0.410. The minimum Gasteiger partial charge on any atom is -0.491 e. The molecular weight excluding hydrogens is 163 g/mol. The second-order valence-electron chi connectivity index (χ2n) is 1.36. The summed E-state index contributed by atoms with van der Waals surface area (Å²) in [7, 11) is 1.47. The van der Waals surface area contributed by atoms with Crippen molar-refractivity contribution in [1.82, 2.24) is 10.2 Å². The highest BCUT2D eigenvalue weighted by molar-refractivity contribution is 6.35. The van der Waals surface area contributed by atoms with E-state index in [1.807, 2.05) is 0 Å². The first-order chi connectivity index (χ1) is 4.25. The third kappa shape index (κ3) is 1.11. The highest BCUT2D eigenvalue weighted by Crippen LogP contribution is 2.28. The van der Waals surface area contributed by atoms with Crippen LogP contribution in [0.15, 0.2) is 0 Å². The minimum atomic E-state index is 0.252. The fraction of sp³-hybridized carbons (Fsp3) is 0.250. The molecular formula is C4H4Cl2N2O. The molecule has 0 aliphatic carbocycles. The Morgan fingerprint density at radius 1 is 1.56 bits per heavy atom. The number of hydrogen-bond acceptors (Lipinski definition) is 2. The summed E-state index contributed by atoms with van der Waals surface area (Å²) in [5.41, 5.74) is 0. The Bertz CT molecular complexity index is 191. The van der Waals surface area contributed by atoms with E-state index < -0.39 is 0 Å². The number of nitrogens with one attached hydrogen (secondary N) is 1. The first kappa shape index (κ1) is 6.71. The summed E-state index contributed by atoms with van der Waals surface area (Å²) in [6.45, 7) is 0. The normalized spacial score (nSPS) is 9.67. The van der Waals surface area contributed by atoms with Gasteiger partial charge in [0, 0.05) is 0 Å². The van der Waals surface area contributed by atoms with E-state index in [1.54, 1.807) is 0 Å². The Balaban J connectivity index is 3.07. The lowest BCUT2D eigenvalue weighted by atomic mass is 10.6. The van der Waals surface area contributed by atoms with Gasteiger partial charge in [-0.25, -0.2) is 0 Å². The molecule has 0 aliphatic rings. The molecule has 1 heterocycles. The molecule has 50 valence electrons. The van der Waals surface area contributed by atoms with E-state index in [4.69, 9.17) is 27.9 Å². The molecule has 1 aromatic rings. The quantitative estimate of drug-likeness (QED) is 0.691. The van der Waals surface area contributed by atoms with Crippen molar-refractivity contribution < 1.29 is 4.74 Å². The zero-order chi connectivity index (χ0) is 6.85. The van der Waals surface area contributed by atoms with E-state index in [0.29, 0.717) is 10.9 Å². The van der Waals surface area contributed by atoms with Gasteiger partial charge in [-0.2, -0.15) is 5.10 Å². The van der Waals surface area contributed by atoms with Crippen molar-refractivity contribution in [3.05, 3.63) is 10.3 Å². The van der Waals surface area contributed by atoms with Crippen molar-refractivity contribution in [2.45, 2.75) is 0 Å². The average Bonchev–Trinajstić information content (AvgIpc) is 2.12. The second kappa shape index (κ2) is 2.45. The third-order valence-electron chi connectivity index (χ3n) is 0.843.